The lowest BCUT2D eigenvalue weighted by Gasteiger charge is -2.18. The Morgan fingerprint density at radius 2 is 1.85 bits per heavy atom. The summed E-state index contributed by atoms with van der Waals surface area (Å²) in [6.07, 6.45) is 4.76. The summed E-state index contributed by atoms with van der Waals surface area (Å²) in [5.41, 5.74) is 0. The maximum atomic E-state index is 12.1. The Kier molecular flexibility index (Phi) is 12.8. The summed E-state index contributed by atoms with van der Waals surface area (Å²) in [5.74, 6) is -0.387. The lowest BCUT2D eigenvalue weighted by atomic mass is 10.1. The Labute approximate surface area is 166 Å². The molecular weight excluding hydrogens is 366 g/mol. The van der Waals surface area contributed by atoms with E-state index in [1.54, 1.807) is 13.8 Å². The van der Waals surface area contributed by atoms with Gasteiger partial charge in [0.15, 0.2) is 0 Å². The van der Waals surface area contributed by atoms with Crippen LogP contribution in [0, 0.1) is 0 Å². The van der Waals surface area contributed by atoms with E-state index in [1.165, 1.54) is 11.3 Å². The third kappa shape index (κ3) is 10.5. The first kappa shape index (κ1) is 23.6. The minimum Gasteiger partial charge on any atom is -0.466 e. The molecule has 1 rings (SSSR count). The Morgan fingerprint density at radius 3 is 2.52 bits per heavy atom. The van der Waals surface area contributed by atoms with Crippen LogP contribution in [0.15, 0.2) is 17.5 Å². The first-order chi connectivity index (χ1) is 13.1. The van der Waals surface area contributed by atoms with Crippen LogP contribution in [0.3, 0.4) is 0 Å². The van der Waals surface area contributed by atoms with Gasteiger partial charge in [0.2, 0.25) is 0 Å². The van der Waals surface area contributed by atoms with Gasteiger partial charge >= 0.3 is 11.9 Å². The van der Waals surface area contributed by atoms with Gasteiger partial charge in [-0.05, 0) is 51.1 Å². The van der Waals surface area contributed by atoms with Crippen LogP contribution in [0.4, 0.5) is 0 Å². The van der Waals surface area contributed by atoms with E-state index in [4.69, 9.17) is 9.47 Å². The molecule has 1 aromatic heterocycles. The van der Waals surface area contributed by atoms with E-state index in [0.717, 1.165) is 30.6 Å². The fraction of sp³-hybridized carbons (Fsp3) is 0.700. The summed E-state index contributed by atoms with van der Waals surface area (Å²) >= 11 is 1.53. The van der Waals surface area contributed by atoms with E-state index in [-0.39, 0.29) is 18.0 Å². The summed E-state index contributed by atoms with van der Waals surface area (Å²) in [4.78, 5) is 24.3. The fourth-order valence-electron chi connectivity index (χ4n) is 2.77. The molecular formula is C20H33NO5S. The number of aliphatic hydroxyl groups is 1. The van der Waals surface area contributed by atoms with Crippen molar-refractivity contribution in [1.29, 1.82) is 0 Å². The maximum Gasteiger partial charge on any atom is 0.323 e. The molecule has 154 valence electrons. The molecule has 7 heteroatoms. The smallest absolute Gasteiger partial charge is 0.323 e. The second-order valence-corrected chi connectivity index (χ2v) is 7.32. The molecule has 0 aliphatic carbocycles. The van der Waals surface area contributed by atoms with Gasteiger partial charge in [-0.1, -0.05) is 25.3 Å². The van der Waals surface area contributed by atoms with Gasteiger partial charge in [-0.2, -0.15) is 0 Å². The van der Waals surface area contributed by atoms with Crippen LogP contribution in [-0.4, -0.2) is 42.8 Å². The molecule has 1 aromatic rings. The standard InChI is InChI=1S/C20H33NO5S/c1-3-25-19(23)12-8-6-5-7-10-16(20(24)26-4-2)21-14-13-17(22)18-11-9-15-27-18/h9,11,15-17,21-22H,3-8,10,12-14H2,1-2H3. The van der Waals surface area contributed by atoms with Crippen LogP contribution in [0.5, 0.6) is 0 Å². The number of hydrogen-bond donors (Lipinski definition) is 2. The van der Waals surface area contributed by atoms with Crippen molar-refractivity contribution in [3.63, 3.8) is 0 Å². The number of hydrogen-bond acceptors (Lipinski definition) is 7. The average Bonchev–Trinajstić information content (AvgIpc) is 3.18. The van der Waals surface area contributed by atoms with Crippen molar-refractivity contribution in [2.75, 3.05) is 19.8 Å². The van der Waals surface area contributed by atoms with Crippen LogP contribution in [-0.2, 0) is 19.1 Å². The zero-order valence-electron chi connectivity index (χ0n) is 16.4. The SMILES string of the molecule is CCOC(=O)CCCCCCC(NCCC(O)c1cccs1)C(=O)OCC. The van der Waals surface area contributed by atoms with Gasteiger partial charge in [-0.3, -0.25) is 9.59 Å². The number of ether oxygens (including phenoxy) is 2. The summed E-state index contributed by atoms with van der Waals surface area (Å²) in [6, 6.07) is 3.47. The highest BCUT2D eigenvalue weighted by Crippen LogP contribution is 2.21. The number of unbranched alkanes of at least 4 members (excludes halogenated alkanes) is 3. The third-order valence-electron chi connectivity index (χ3n) is 4.18. The second-order valence-electron chi connectivity index (χ2n) is 6.34. The summed E-state index contributed by atoms with van der Waals surface area (Å²) in [6.45, 7) is 4.93. The molecule has 0 fully saturated rings. The minimum absolute atomic E-state index is 0.145. The van der Waals surface area contributed by atoms with E-state index in [0.29, 0.717) is 39.0 Å². The Balaban J connectivity index is 2.26. The fourth-order valence-corrected chi connectivity index (χ4v) is 3.51. The Hall–Kier alpha value is -1.44. The van der Waals surface area contributed by atoms with Gasteiger partial charge < -0.3 is 19.9 Å². The largest absolute Gasteiger partial charge is 0.466 e. The molecule has 2 N–H and O–H groups in total. The van der Waals surface area contributed by atoms with Gasteiger partial charge in [0.25, 0.3) is 0 Å². The van der Waals surface area contributed by atoms with Crippen molar-refractivity contribution in [2.45, 2.75) is 70.9 Å². The molecule has 6 nitrogen and oxygen atoms in total. The number of esters is 2. The zero-order chi connectivity index (χ0) is 19.9. The minimum atomic E-state index is -0.511. The highest BCUT2D eigenvalue weighted by Gasteiger charge is 2.19. The highest BCUT2D eigenvalue weighted by atomic mass is 32.1. The molecule has 0 amide bonds. The van der Waals surface area contributed by atoms with Crippen LogP contribution < -0.4 is 5.32 Å². The Bertz CT molecular complexity index is 520. The monoisotopic (exact) mass is 399 g/mol. The van der Waals surface area contributed by atoms with Crippen molar-refractivity contribution < 1.29 is 24.2 Å². The van der Waals surface area contributed by atoms with Gasteiger partial charge in [-0.15, -0.1) is 11.3 Å². The van der Waals surface area contributed by atoms with Crippen LogP contribution in [0.25, 0.3) is 0 Å². The zero-order valence-corrected chi connectivity index (χ0v) is 17.3. The molecule has 2 unspecified atom stereocenters. The molecule has 27 heavy (non-hydrogen) atoms. The number of thiophene rings is 1. The van der Waals surface area contributed by atoms with Crippen LogP contribution in [0.2, 0.25) is 0 Å². The molecule has 0 aromatic carbocycles. The lowest BCUT2D eigenvalue weighted by molar-refractivity contribution is -0.146. The van der Waals surface area contributed by atoms with Crippen molar-refractivity contribution in [3.05, 3.63) is 22.4 Å². The number of aliphatic hydroxyl groups excluding tert-OH is 1. The number of carbonyl (C=O) groups excluding carboxylic acids is 2. The van der Waals surface area contributed by atoms with E-state index in [2.05, 4.69) is 5.32 Å². The Morgan fingerprint density at radius 1 is 1.11 bits per heavy atom. The van der Waals surface area contributed by atoms with E-state index in [1.807, 2.05) is 17.5 Å². The normalized spacial score (nSPS) is 13.1. The average molecular weight is 400 g/mol. The molecule has 0 aliphatic heterocycles. The van der Waals surface area contributed by atoms with Crippen LogP contribution >= 0.6 is 11.3 Å². The molecule has 0 radical (unpaired) electrons. The molecule has 0 spiro atoms. The summed E-state index contributed by atoms with van der Waals surface area (Å²) in [7, 11) is 0. The molecule has 0 bridgehead atoms. The number of carbonyl (C=O) groups is 2. The summed E-state index contributed by atoms with van der Waals surface area (Å²) < 4.78 is 10.1. The van der Waals surface area contributed by atoms with Gasteiger partial charge in [0.05, 0.1) is 19.3 Å². The molecule has 0 saturated carbocycles. The quantitative estimate of drug-likeness (QED) is 0.346. The first-order valence-electron chi connectivity index (χ1n) is 9.85. The molecule has 2 atom stereocenters. The number of rotatable bonds is 15. The van der Waals surface area contributed by atoms with E-state index >= 15 is 0 Å². The second kappa shape index (κ2) is 14.6. The van der Waals surface area contributed by atoms with E-state index < -0.39 is 6.10 Å². The molecule has 0 saturated heterocycles. The van der Waals surface area contributed by atoms with Crippen molar-refractivity contribution in [1.82, 2.24) is 5.32 Å². The predicted octanol–water partition coefficient (Wildman–Crippen LogP) is 3.60. The molecule has 0 aliphatic rings. The van der Waals surface area contributed by atoms with E-state index in [9.17, 15) is 14.7 Å². The van der Waals surface area contributed by atoms with Crippen molar-refractivity contribution in [2.24, 2.45) is 0 Å². The maximum absolute atomic E-state index is 12.1. The summed E-state index contributed by atoms with van der Waals surface area (Å²) in [5, 5.41) is 15.3. The lowest BCUT2D eigenvalue weighted by Crippen LogP contribution is -2.39. The van der Waals surface area contributed by atoms with Gasteiger partial charge in [-0.25, -0.2) is 0 Å². The van der Waals surface area contributed by atoms with Gasteiger partial charge in [0.1, 0.15) is 6.04 Å². The van der Waals surface area contributed by atoms with Crippen LogP contribution in [0.1, 0.15) is 69.8 Å². The predicted molar refractivity (Wildman–Crippen MR) is 107 cm³/mol. The third-order valence-corrected chi connectivity index (χ3v) is 5.15. The molecule has 1 heterocycles. The van der Waals surface area contributed by atoms with Gasteiger partial charge in [0, 0.05) is 11.3 Å². The first-order valence-corrected chi connectivity index (χ1v) is 10.7. The van der Waals surface area contributed by atoms with Crippen molar-refractivity contribution >= 4 is 23.3 Å². The number of nitrogens with one attached hydrogen (secondary N) is 1. The van der Waals surface area contributed by atoms with Crippen molar-refractivity contribution in [3.8, 4) is 0 Å². The topological polar surface area (TPSA) is 84.9 Å². The highest BCUT2D eigenvalue weighted by molar-refractivity contribution is 7.10.